The van der Waals surface area contributed by atoms with E-state index in [0.29, 0.717) is 0 Å². The predicted octanol–water partition coefficient (Wildman–Crippen LogP) is 5.86. The number of para-hydroxylation sites is 1. The molecule has 5 rings (SSSR count). The molecule has 0 aliphatic heterocycles. The van der Waals surface area contributed by atoms with Crippen LogP contribution in [0, 0.1) is 3.57 Å². The number of benzene rings is 4. The standard InChI is InChI=1S/C24H17INO3P/c25-18-10-13-22-21-6-1-2-7-23(21)26(24(22)15-18)19-11-8-16(9-12-19)17-4-3-5-20(14-17)30(27,28)29/h1-15H,(H2,27,28,29). The van der Waals surface area contributed by atoms with Crippen molar-refractivity contribution >= 4 is 57.3 Å². The molecule has 148 valence electrons. The Morgan fingerprint density at radius 2 is 1.43 bits per heavy atom. The first-order valence-corrected chi connectivity index (χ1v) is 12.1. The molecule has 0 radical (unpaired) electrons. The van der Waals surface area contributed by atoms with Crippen LogP contribution in [0.2, 0.25) is 0 Å². The number of halogens is 1. The van der Waals surface area contributed by atoms with Crippen molar-refractivity contribution in [1.82, 2.24) is 4.57 Å². The number of aromatic nitrogens is 1. The maximum absolute atomic E-state index is 11.6. The Morgan fingerprint density at radius 3 is 2.20 bits per heavy atom. The van der Waals surface area contributed by atoms with Gasteiger partial charge < -0.3 is 14.4 Å². The van der Waals surface area contributed by atoms with Gasteiger partial charge in [0.1, 0.15) is 0 Å². The lowest BCUT2D eigenvalue weighted by atomic mass is 10.1. The smallest absolute Gasteiger partial charge is 0.321 e. The lowest BCUT2D eigenvalue weighted by molar-refractivity contribution is 0.387. The second kappa shape index (κ2) is 7.36. The molecule has 30 heavy (non-hydrogen) atoms. The van der Waals surface area contributed by atoms with E-state index in [2.05, 4.69) is 63.6 Å². The number of rotatable bonds is 3. The van der Waals surface area contributed by atoms with Crippen LogP contribution in [-0.4, -0.2) is 14.4 Å². The Bertz CT molecular complexity index is 1450. The fraction of sp³-hybridized carbons (Fsp3) is 0. The first-order valence-electron chi connectivity index (χ1n) is 9.37. The minimum atomic E-state index is -4.28. The van der Waals surface area contributed by atoms with Gasteiger partial charge in [0, 0.05) is 20.0 Å². The molecule has 4 aromatic carbocycles. The van der Waals surface area contributed by atoms with Crippen LogP contribution in [0.4, 0.5) is 0 Å². The van der Waals surface area contributed by atoms with Crippen LogP contribution in [0.5, 0.6) is 0 Å². The number of hydrogen-bond acceptors (Lipinski definition) is 1. The molecule has 0 unspecified atom stereocenters. The summed E-state index contributed by atoms with van der Waals surface area (Å²) in [6, 6.07) is 29.5. The van der Waals surface area contributed by atoms with Gasteiger partial charge in [-0.3, -0.25) is 4.57 Å². The van der Waals surface area contributed by atoms with E-state index in [1.807, 2.05) is 36.4 Å². The number of fused-ring (bicyclic) bond motifs is 3. The van der Waals surface area contributed by atoms with Gasteiger partial charge in [0.2, 0.25) is 0 Å². The fourth-order valence-electron chi connectivity index (χ4n) is 3.89. The van der Waals surface area contributed by atoms with Crippen molar-refractivity contribution in [2.75, 3.05) is 0 Å². The minimum Gasteiger partial charge on any atom is -0.321 e. The van der Waals surface area contributed by atoms with Crippen LogP contribution in [0.1, 0.15) is 0 Å². The maximum atomic E-state index is 11.6. The Labute approximate surface area is 187 Å². The highest BCUT2D eigenvalue weighted by molar-refractivity contribution is 14.1. The highest BCUT2D eigenvalue weighted by Crippen LogP contribution is 2.36. The van der Waals surface area contributed by atoms with Crippen molar-refractivity contribution in [2.45, 2.75) is 0 Å². The van der Waals surface area contributed by atoms with Crippen LogP contribution in [0.25, 0.3) is 38.6 Å². The van der Waals surface area contributed by atoms with Crippen LogP contribution >= 0.6 is 30.2 Å². The van der Waals surface area contributed by atoms with E-state index in [0.717, 1.165) is 27.8 Å². The monoisotopic (exact) mass is 525 g/mol. The van der Waals surface area contributed by atoms with Gasteiger partial charge in [-0.15, -0.1) is 0 Å². The highest BCUT2D eigenvalue weighted by atomic mass is 127. The summed E-state index contributed by atoms with van der Waals surface area (Å²) in [6.07, 6.45) is 0. The van der Waals surface area contributed by atoms with Crippen molar-refractivity contribution < 1.29 is 14.4 Å². The van der Waals surface area contributed by atoms with Crippen molar-refractivity contribution in [3.8, 4) is 16.8 Å². The van der Waals surface area contributed by atoms with Crippen LogP contribution in [0.3, 0.4) is 0 Å². The molecule has 1 heterocycles. The second-order valence-corrected chi connectivity index (χ2v) is 10.0. The molecule has 5 aromatic rings. The van der Waals surface area contributed by atoms with E-state index >= 15 is 0 Å². The van der Waals surface area contributed by atoms with Gasteiger partial charge in [0.05, 0.1) is 16.3 Å². The van der Waals surface area contributed by atoms with Gasteiger partial charge in [0.15, 0.2) is 0 Å². The molecule has 0 spiro atoms. The molecule has 0 aliphatic rings. The topological polar surface area (TPSA) is 62.5 Å². The van der Waals surface area contributed by atoms with Crippen molar-refractivity contribution in [3.05, 3.63) is 94.6 Å². The Hall–Kier alpha value is -2.44. The summed E-state index contributed by atoms with van der Waals surface area (Å²) in [5.41, 5.74) is 5.02. The van der Waals surface area contributed by atoms with E-state index in [-0.39, 0.29) is 5.30 Å². The molecule has 0 bridgehead atoms. The van der Waals surface area contributed by atoms with Gasteiger partial charge in [-0.25, -0.2) is 0 Å². The molecule has 0 atom stereocenters. The highest BCUT2D eigenvalue weighted by Gasteiger charge is 2.17. The van der Waals surface area contributed by atoms with Crippen LogP contribution in [-0.2, 0) is 4.57 Å². The van der Waals surface area contributed by atoms with Gasteiger partial charge in [0.25, 0.3) is 0 Å². The molecule has 0 amide bonds. The minimum absolute atomic E-state index is 0.0287. The zero-order valence-electron chi connectivity index (χ0n) is 15.7. The van der Waals surface area contributed by atoms with Gasteiger partial charge in [-0.05, 0) is 76.2 Å². The van der Waals surface area contributed by atoms with Gasteiger partial charge in [-0.2, -0.15) is 0 Å². The molecule has 4 nitrogen and oxygen atoms in total. The number of nitrogens with zero attached hydrogens (tertiary/aromatic N) is 1. The first-order chi connectivity index (χ1) is 14.4. The molecular formula is C24H17INO3P. The van der Waals surface area contributed by atoms with E-state index < -0.39 is 7.60 Å². The average molecular weight is 525 g/mol. The Morgan fingerprint density at radius 1 is 0.700 bits per heavy atom. The maximum Gasteiger partial charge on any atom is 0.356 e. The molecular weight excluding hydrogens is 508 g/mol. The van der Waals surface area contributed by atoms with Gasteiger partial charge in [-0.1, -0.05) is 48.5 Å². The molecule has 2 N–H and O–H groups in total. The largest absolute Gasteiger partial charge is 0.356 e. The van der Waals surface area contributed by atoms with Gasteiger partial charge >= 0.3 is 7.60 Å². The van der Waals surface area contributed by atoms with Crippen LogP contribution < -0.4 is 5.30 Å². The summed E-state index contributed by atoms with van der Waals surface area (Å²) in [7, 11) is -4.28. The fourth-order valence-corrected chi connectivity index (χ4v) is 4.95. The van der Waals surface area contributed by atoms with Crippen molar-refractivity contribution in [2.24, 2.45) is 0 Å². The normalized spacial score (nSPS) is 12.0. The first kappa shape index (κ1) is 19.5. The zero-order valence-corrected chi connectivity index (χ0v) is 18.8. The Balaban J connectivity index is 1.66. The molecule has 6 heteroatoms. The van der Waals surface area contributed by atoms with E-state index in [4.69, 9.17) is 0 Å². The van der Waals surface area contributed by atoms with Crippen molar-refractivity contribution in [3.63, 3.8) is 0 Å². The second-order valence-electron chi connectivity index (χ2n) is 7.16. The summed E-state index contributed by atoms with van der Waals surface area (Å²) in [6.45, 7) is 0. The summed E-state index contributed by atoms with van der Waals surface area (Å²) in [5.74, 6) is 0. The molecule has 0 fully saturated rings. The lowest BCUT2D eigenvalue weighted by Crippen LogP contribution is -2.03. The molecule has 0 saturated heterocycles. The predicted molar refractivity (Wildman–Crippen MR) is 131 cm³/mol. The molecule has 0 saturated carbocycles. The third-order valence-corrected chi connectivity index (χ3v) is 6.90. The molecule has 1 aromatic heterocycles. The summed E-state index contributed by atoms with van der Waals surface area (Å²) in [5, 5.41) is 2.45. The van der Waals surface area contributed by atoms with E-state index in [1.54, 1.807) is 12.1 Å². The zero-order chi connectivity index (χ0) is 20.9. The Kier molecular flexibility index (Phi) is 4.79. The lowest BCUT2D eigenvalue weighted by Gasteiger charge is -2.10. The summed E-state index contributed by atoms with van der Waals surface area (Å²) in [4.78, 5) is 18.9. The SMILES string of the molecule is O=P(O)(O)c1cccc(-c2ccc(-n3c4ccccc4c4ccc(I)cc43)cc2)c1. The van der Waals surface area contributed by atoms with Crippen LogP contribution in [0.15, 0.2) is 91.0 Å². The quantitative estimate of drug-likeness (QED) is 0.229. The average Bonchev–Trinajstić information content (AvgIpc) is 3.07. The summed E-state index contributed by atoms with van der Waals surface area (Å²) < 4.78 is 15.0. The third-order valence-electron chi connectivity index (χ3n) is 5.28. The van der Waals surface area contributed by atoms with E-state index in [9.17, 15) is 14.4 Å². The summed E-state index contributed by atoms with van der Waals surface area (Å²) >= 11 is 2.33. The van der Waals surface area contributed by atoms with Crippen molar-refractivity contribution in [1.29, 1.82) is 0 Å². The number of hydrogen-bond donors (Lipinski definition) is 2. The molecule has 0 aliphatic carbocycles. The van der Waals surface area contributed by atoms with E-state index in [1.165, 1.54) is 20.4 Å². The third kappa shape index (κ3) is 3.38.